The van der Waals surface area contributed by atoms with Crippen molar-refractivity contribution >= 4 is 24.6 Å². The van der Waals surface area contributed by atoms with Crippen LogP contribution in [0.2, 0.25) is 0 Å². The summed E-state index contributed by atoms with van der Waals surface area (Å²) < 4.78 is 0. The zero-order valence-electron chi connectivity index (χ0n) is 4.74. The largest absolute Gasteiger partial charge is 0.481 e. The molecule has 0 aliphatic carbocycles. The van der Waals surface area contributed by atoms with Gasteiger partial charge in [0, 0.05) is 22.4 Å². The molecule has 10 heavy (non-hydrogen) atoms. The van der Waals surface area contributed by atoms with Crippen LogP contribution in [0.1, 0.15) is 6.42 Å². The zero-order chi connectivity index (χ0) is 7.44. The fourth-order valence-electron chi connectivity index (χ4n) is 0.253. The molecule has 0 heterocycles. The smallest absolute Gasteiger partial charge is 0.316 e. The van der Waals surface area contributed by atoms with Crippen LogP contribution in [0.3, 0.4) is 0 Å². The van der Waals surface area contributed by atoms with E-state index in [1.807, 2.05) is 0 Å². The van der Waals surface area contributed by atoms with Crippen molar-refractivity contribution in [1.29, 1.82) is 0 Å². The minimum absolute atomic E-state index is 0. The van der Waals surface area contributed by atoms with E-state index in [1.165, 1.54) is 0 Å². The third kappa shape index (κ3) is 6.15. The number of hydrogen-bond donors (Lipinski definition) is 3. The van der Waals surface area contributed by atoms with Crippen molar-refractivity contribution in [3.63, 3.8) is 0 Å². The Bertz CT molecular complexity index is 137. The molecule has 0 saturated carbocycles. The number of carboxylic acid groups (broad SMARTS) is 2. The van der Waals surface area contributed by atoms with Crippen molar-refractivity contribution in [2.75, 3.05) is 0 Å². The molecule has 0 aliphatic heterocycles. The Labute approximate surface area is 78.5 Å². The van der Waals surface area contributed by atoms with E-state index in [0.29, 0.717) is 0 Å². The predicted molar refractivity (Wildman–Crippen MR) is 32.7 cm³/mol. The van der Waals surface area contributed by atoms with E-state index in [4.69, 9.17) is 10.2 Å². The Morgan fingerprint density at radius 2 is 1.80 bits per heavy atom. The van der Waals surface area contributed by atoms with Gasteiger partial charge in [-0.15, -0.1) is 0 Å². The summed E-state index contributed by atoms with van der Waals surface area (Å²) >= 11 is 3.48. The molecule has 1 atom stereocenters. The molecule has 0 amide bonds. The van der Waals surface area contributed by atoms with Gasteiger partial charge in [0.05, 0.1) is 6.42 Å². The van der Waals surface area contributed by atoms with Gasteiger partial charge in [0.15, 0.2) is 0 Å². The number of rotatable bonds is 3. The van der Waals surface area contributed by atoms with Crippen molar-refractivity contribution in [2.24, 2.45) is 0 Å². The molecular weight excluding hydrogens is 252 g/mol. The van der Waals surface area contributed by atoms with Crippen LogP contribution in [0.25, 0.3) is 0 Å². The summed E-state index contributed by atoms with van der Waals surface area (Å²) in [6.07, 6.45) is -0.446. The fourth-order valence-corrected chi connectivity index (χ4v) is 0.409. The zero-order valence-corrected chi connectivity index (χ0v) is 7.12. The summed E-state index contributed by atoms with van der Waals surface area (Å²) in [5, 5.41) is 15.0. The quantitative estimate of drug-likeness (QED) is 0.485. The molecule has 6 heteroatoms. The van der Waals surface area contributed by atoms with Gasteiger partial charge in [-0.05, 0) is 0 Å². The first-order valence-electron chi connectivity index (χ1n) is 2.16. The minimum atomic E-state index is -1.21. The molecule has 2 N–H and O–H groups in total. The van der Waals surface area contributed by atoms with E-state index < -0.39 is 23.6 Å². The summed E-state index contributed by atoms with van der Waals surface area (Å²) in [5.74, 6) is -2.36. The summed E-state index contributed by atoms with van der Waals surface area (Å²) in [6.45, 7) is 0. The van der Waals surface area contributed by atoms with Gasteiger partial charge in [-0.25, -0.2) is 0 Å². The molecule has 0 aromatic rings. The standard InChI is InChI=1S/C4H6O4S.Ag/c5-3(6)1-2(9)4(7)8;/h2,9H,1H2,(H,5,6)(H,7,8);. The van der Waals surface area contributed by atoms with E-state index in [2.05, 4.69) is 12.6 Å². The Morgan fingerprint density at radius 3 is 1.90 bits per heavy atom. The molecule has 0 bridgehead atoms. The molecule has 0 fully saturated rings. The third-order valence-corrected chi connectivity index (χ3v) is 1.06. The molecule has 1 radical (unpaired) electrons. The monoisotopic (exact) mass is 257 g/mol. The molecule has 0 aliphatic rings. The van der Waals surface area contributed by atoms with Crippen molar-refractivity contribution in [3.05, 3.63) is 0 Å². The van der Waals surface area contributed by atoms with Crippen LogP contribution in [0, 0.1) is 0 Å². The Hall–Kier alpha value is 0.0303. The maximum Gasteiger partial charge on any atom is 0.316 e. The number of carboxylic acids is 2. The first-order valence-corrected chi connectivity index (χ1v) is 2.68. The van der Waals surface area contributed by atoms with Crippen LogP contribution < -0.4 is 0 Å². The Morgan fingerprint density at radius 1 is 1.40 bits per heavy atom. The number of thiol groups is 1. The summed E-state index contributed by atoms with van der Waals surface area (Å²) in [6, 6.07) is 0. The third-order valence-electron chi connectivity index (χ3n) is 0.653. The second-order valence-corrected chi connectivity index (χ2v) is 2.08. The van der Waals surface area contributed by atoms with Gasteiger partial charge in [0.25, 0.3) is 0 Å². The van der Waals surface area contributed by atoms with Crippen LogP contribution in [0.15, 0.2) is 0 Å². The summed E-state index contributed by atoms with van der Waals surface area (Å²) in [4.78, 5) is 19.7. The second kappa shape index (κ2) is 5.79. The van der Waals surface area contributed by atoms with Crippen LogP contribution in [-0.2, 0) is 32.0 Å². The topological polar surface area (TPSA) is 74.6 Å². The maximum atomic E-state index is 9.90. The molecule has 4 nitrogen and oxygen atoms in total. The van der Waals surface area contributed by atoms with Gasteiger partial charge in [-0.2, -0.15) is 12.6 Å². The van der Waals surface area contributed by atoms with E-state index >= 15 is 0 Å². The van der Waals surface area contributed by atoms with E-state index in [9.17, 15) is 9.59 Å². The number of aliphatic carboxylic acids is 2. The van der Waals surface area contributed by atoms with Crippen molar-refractivity contribution in [2.45, 2.75) is 11.7 Å². The number of carbonyl (C=O) groups is 2. The minimum Gasteiger partial charge on any atom is -0.481 e. The van der Waals surface area contributed by atoms with Crippen LogP contribution in [0.5, 0.6) is 0 Å². The van der Waals surface area contributed by atoms with Crippen LogP contribution in [0.4, 0.5) is 0 Å². The SMILES string of the molecule is O=C(O)CC(S)C(=O)O.[Ag]. The molecule has 0 spiro atoms. The van der Waals surface area contributed by atoms with Crippen molar-refractivity contribution < 1.29 is 42.2 Å². The van der Waals surface area contributed by atoms with Crippen molar-refractivity contribution in [1.82, 2.24) is 0 Å². The molecular formula is C4H6AgO4S. The summed E-state index contributed by atoms with van der Waals surface area (Å²) in [7, 11) is 0. The fraction of sp³-hybridized carbons (Fsp3) is 0.500. The first-order chi connectivity index (χ1) is 4.04. The number of hydrogen-bond acceptors (Lipinski definition) is 3. The first kappa shape index (κ1) is 12.7. The van der Waals surface area contributed by atoms with Gasteiger partial charge in [0.2, 0.25) is 0 Å². The molecule has 1 unspecified atom stereocenters. The average molecular weight is 258 g/mol. The van der Waals surface area contributed by atoms with E-state index in [1.54, 1.807) is 0 Å². The van der Waals surface area contributed by atoms with Gasteiger partial charge < -0.3 is 10.2 Å². The van der Waals surface area contributed by atoms with Crippen LogP contribution in [-0.4, -0.2) is 27.4 Å². The van der Waals surface area contributed by atoms with Crippen LogP contribution >= 0.6 is 12.6 Å². The summed E-state index contributed by atoms with van der Waals surface area (Å²) in [5.41, 5.74) is 0. The maximum absolute atomic E-state index is 9.90. The molecule has 0 rings (SSSR count). The van der Waals surface area contributed by atoms with Gasteiger partial charge >= 0.3 is 11.9 Å². The van der Waals surface area contributed by atoms with E-state index in [0.717, 1.165) is 0 Å². The molecule has 0 aromatic heterocycles. The Kier molecular flexibility index (Phi) is 7.34. The Balaban J connectivity index is 0. The van der Waals surface area contributed by atoms with Gasteiger partial charge in [-0.3, -0.25) is 9.59 Å². The van der Waals surface area contributed by atoms with E-state index in [-0.39, 0.29) is 22.4 Å². The second-order valence-electron chi connectivity index (χ2n) is 1.45. The normalized spacial score (nSPS) is 11.3. The molecule has 0 saturated heterocycles. The molecule has 0 aromatic carbocycles. The predicted octanol–water partition coefficient (Wildman–Crippen LogP) is -0.158. The average Bonchev–Trinajstić information content (AvgIpc) is 1.63. The van der Waals surface area contributed by atoms with Gasteiger partial charge in [-0.1, -0.05) is 0 Å². The van der Waals surface area contributed by atoms with Gasteiger partial charge in [0.1, 0.15) is 5.25 Å². The molecule has 63 valence electrons. The van der Waals surface area contributed by atoms with Crippen molar-refractivity contribution in [3.8, 4) is 0 Å².